The van der Waals surface area contributed by atoms with Crippen LogP contribution in [0, 0.1) is 5.92 Å². The quantitative estimate of drug-likeness (QED) is 0.735. The smallest absolute Gasteiger partial charge is 0.306 e. The van der Waals surface area contributed by atoms with Crippen LogP contribution < -0.4 is 0 Å². The molecule has 0 aromatic heterocycles. The van der Waals surface area contributed by atoms with Crippen molar-refractivity contribution in [3.8, 4) is 0 Å². The molecule has 0 bridgehead atoms. The van der Waals surface area contributed by atoms with Gasteiger partial charge >= 0.3 is 5.97 Å². The van der Waals surface area contributed by atoms with E-state index in [4.69, 9.17) is 9.84 Å². The van der Waals surface area contributed by atoms with Gasteiger partial charge in [0, 0.05) is 12.5 Å². The molecule has 4 heteroatoms. The molecule has 0 aromatic carbocycles. The van der Waals surface area contributed by atoms with E-state index in [0.29, 0.717) is 13.2 Å². The summed E-state index contributed by atoms with van der Waals surface area (Å²) in [4.78, 5) is 10.4. The Morgan fingerprint density at radius 1 is 1.77 bits per heavy atom. The number of hydrogen-bond donors (Lipinski definition) is 1. The van der Waals surface area contributed by atoms with Crippen LogP contribution in [0.2, 0.25) is 0 Å². The lowest BCUT2D eigenvalue weighted by Crippen LogP contribution is -2.37. The van der Waals surface area contributed by atoms with Crippen LogP contribution in [-0.4, -0.2) is 30.0 Å². The van der Waals surface area contributed by atoms with Gasteiger partial charge in [0.1, 0.15) is 5.67 Å². The Bertz CT molecular complexity index is 185. The molecule has 0 saturated carbocycles. The summed E-state index contributed by atoms with van der Waals surface area (Å²) in [7, 11) is 0. The summed E-state index contributed by atoms with van der Waals surface area (Å²) in [5.74, 6) is -1.35. The number of carbonyl (C=O) groups is 1. The number of rotatable bonds is 3. The Hall–Kier alpha value is -0.640. The van der Waals surface area contributed by atoms with Gasteiger partial charge in [-0.1, -0.05) is 0 Å². The Morgan fingerprint density at radius 3 is 2.92 bits per heavy atom. The number of hydrogen-bond acceptors (Lipinski definition) is 2. The van der Waals surface area contributed by atoms with Crippen molar-refractivity contribution in [1.29, 1.82) is 0 Å². The van der Waals surface area contributed by atoms with Crippen molar-refractivity contribution in [2.45, 2.75) is 31.9 Å². The van der Waals surface area contributed by atoms with Gasteiger partial charge in [-0.25, -0.2) is 4.39 Å². The molecule has 1 fully saturated rings. The lowest BCUT2D eigenvalue weighted by Gasteiger charge is -2.32. The predicted molar refractivity (Wildman–Crippen MR) is 45.3 cm³/mol. The molecule has 2 atom stereocenters. The highest BCUT2D eigenvalue weighted by atomic mass is 19.1. The number of alkyl halides is 1. The van der Waals surface area contributed by atoms with E-state index in [1.165, 1.54) is 6.92 Å². The van der Waals surface area contributed by atoms with Crippen molar-refractivity contribution in [3.05, 3.63) is 0 Å². The van der Waals surface area contributed by atoms with Gasteiger partial charge in [0.25, 0.3) is 0 Å². The molecule has 0 spiro atoms. The molecule has 3 nitrogen and oxygen atoms in total. The van der Waals surface area contributed by atoms with Crippen molar-refractivity contribution in [2.75, 3.05) is 13.2 Å². The van der Waals surface area contributed by atoms with E-state index in [9.17, 15) is 9.18 Å². The topological polar surface area (TPSA) is 46.5 Å². The summed E-state index contributed by atoms with van der Waals surface area (Å²) < 4.78 is 18.9. The van der Waals surface area contributed by atoms with Gasteiger partial charge in [0.05, 0.1) is 13.0 Å². The second-order valence-corrected chi connectivity index (χ2v) is 3.76. The Balaban J connectivity index is 2.50. The summed E-state index contributed by atoms with van der Waals surface area (Å²) in [6.45, 7) is 2.36. The molecule has 13 heavy (non-hydrogen) atoms. The Morgan fingerprint density at radius 2 is 2.46 bits per heavy atom. The molecule has 1 aliphatic heterocycles. The molecule has 1 heterocycles. The zero-order valence-electron chi connectivity index (χ0n) is 7.75. The van der Waals surface area contributed by atoms with Crippen LogP contribution in [-0.2, 0) is 9.53 Å². The average molecular weight is 190 g/mol. The molecule has 76 valence electrons. The van der Waals surface area contributed by atoms with Crippen molar-refractivity contribution in [2.24, 2.45) is 5.92 Å². The van der Waals surface area contributed by atoms with Crippen molar-refractivity contribution < 1.29 is 19.0 Å². The largest absolute Gasteiger partial charge is 0.481 e. The van der Waals surface area contributed by atoms with Crippen LogP contribution in [0.3, 0.4) is 0 Å². The minimum absolute atomic E-state index is 0.266. The van der Waals surface area contributed by atoms with Gasteiger partial charge in [0.15, 0.2) is 0 Å². The Labute approximate surface area is 76.9 Å². The van der Waals surface area contributed by atoms with Crippen LogP contribution in [0.4, 0.5) is 4.39 Å². The molecule has 1 N–H and O–H groups in total. The number of ether oxygens (including phenoxy) is 1. The summed E-state index contributed by atoms with van der Waals surface area (Å²) in [5, 5.41) is 8.50. The molecule has 2 unspecified atom stereocenters. The highest BCUT2D eigenvalue weighted by Gasteiger charge is 2.37. The molecular weight excluding hydrogens is 175 g/mol. The first kappa shape index (κ1) is 10.4. The monoisotopic (exact) mass is 190 g/mol. The van der Waals surface area contributed by atoms with Crippen LogP contribution in [0.25, 0.3) is 0 Å². The van der Waals surface area contributed by atoms with Crippen molar-refractivity contribution in [1.82, 2.24) is 0 Å². The second kappa shape index (κ2) is 4.05. The maximum Gasteiger partial charge on any atom is 0.306 e. The lowest BCUT2D eigenvalue weighted by atomic mass is 9.84. The van der Waals surface area contributed by atoms with Crippen LogP contribution >= 0.6 is 0 Å². The number of carboxylic acid groups (broad SMARTS) is 1. The lowest BCUT2D eigenvalue weighted by molar-refractivity contribution is -0.142. The fourth-order valence-electron chi connectivity index (χ4n) is 1.66. The number of halogens is 1. The van der Waals surface area contributed by atoms with Crippen LogP contribution in [0.15, 0.2) is 0 Å². The third-order valence-corrected chi connectivity index (χ3v) is 2.51. The van der Waals surface area contributed by atoms with Gasteiger partial charge in [0.2, 0.25) is 0 Å². The van der Waals surface area contributed by atoms with E-state index in [2.05, 4.69) is 0 Å². The molecule has 1 aliphatic rings. The fourth-order valence-corrected chi connectivity index (χ4v) is 1.66. The van der Waals surface area contributed by atoms with E-state index in [1.807, 2.05) is 0 Å². The summed E-state index contributed by atoms with van der Waals surface area (Å²) in [6.07, 6.45) is 1.12. The maximum absolute atomic E-state index is 13.8. The van der Waals surface area contributed by atoms with Crippen molar-refractivity contribution >= 4 is 5.97 Å². The zero-order chi connectivity index (χ0) is 9.90. The Kier molecular flexibility index (Phi) is 3.25. The summed E-state index contributed by atoms with van der Waals surface area (Å²) in [5.41, 5.74) is -1.63. The first-order valence-corrected chi connectivity index (χ1v) is 4.51. The third-order valence-electron chi connectivity index (χ3n) is 2.51. The van der Waals surface area contributed by atoms with Gasteiger partial charge in [-0.15, -0.1) is 0 Å². The minimum atomic E-state index is -1.63. The maximum atomic E-state index is 13.8. The SMILES string of the molecule is CC(F)(CC(=O)O)C1CCCOC1. The molecule has 0 aromatic rings. The van der Waals surface area contributed by atoms with Crippen LogP contribution in [0.5, 0.6) is 0 Å². The van der Waals surface area contributed by atoms with Crippen molar-refractivity contribution in [3.63, 3.8) is 0 Å². The summed E-state index contributed by atoms with van der Waals surface area (Å²) >= 11 is 0. The van der Waals surface area contributed by atoms with Gasteiger partial charge in [-0.3, -0.25) is 4.79 Å². The normalized spacial score (nSPS) is 28.0. The van der Waals surface area contributed by atoms with E-state index in [0.717, 1.165) is 12.8 Å². The van der Waals surface area contributed by atoms with E-state index in [1.54, 1.807) is 0 Å². The molecule has 0 radical (unpaired) electrons. The molecule has 1 rings (SSSR count). The fraction of sp³-hybridized carbons (Fsp3) is 0.889. The van der Waals surface area contributed by atoms with E-state index in [-0.39, 0.29) is 5.92 Å². The number of carboxylic acids is 1. The first-order valence-electron chi connectivity index (χ1n) is 4.51. The highest BCUT2D eigenvalue weighted by molar-refractivity contribution is 5.68. The second-order valence-electron chi connectivity index (χ2n) is 3.76. The molecule has 1 saturated heterocycles. The highest BCUT2D eigenvalue weighted by Crippen LogP contribution is 2.32. The predicted octanol–water partition coefficient (Wildman–Crippen LogP) is 1.62. The van der Waals surface area contributed by atoms with Crippen LogP contribution in [0.1, 0.15) is 26.2 Å². The van der Waals surface area contributed by atoms with E-state index >= 15 is 0 Å². The molecule has 0 amide bonds. The molecule has 0 aliphatic carbocycles. The average Bonchev–Trinajstić information content (AvgIpc) is 2.04. The number of aliphatic carboxylic acids is 1. The van der Waals surface area contributed by atoms with Gasteiger partial charge in [-0.2, -0.15) is 0 Å². The first-order chi connectivity index (χ1) is 6.02. The third kappa shape index (κ3) is 2.95. The van der Waals surface area contributed by atoms with E-state index < -0.39 is 18.1 Å². The zero-order valence-corrected chi connectivity index (χ0v) is 7.75. The minimum Gasteiger partial charge on any atom is -0.481 e. The molecular formula is C9H15FO3. The van der Waals surface area contributed by atoms with Gasteiger partial charge < -0.3 is 9.84 Å². The standard InChI is InChI=1S/C9H15FO3/c1-9(10,5-8(11)12)7-3-2-4-13-6-7/h7H,2-6H2,1H3,(H,11,12). The van der Waals surface area contributed by atoms with Gasteiger partial charge in [-0.05, 0) is 19.8 Å². The summed E-state index contributed by atoms with van der Waals surface area (Å²) in [6, 6.07) is 0.